The third-order valence-corrected chi connectivity index (χ3v) is 6.91. The van der Waals surface area contributed by atoms with Gasteiger partial charge in [-0.05, 0) is 54.2 Å². The molecule has 0 aliphatic heterocycles. The van der Waals surface area contributed by atoms with E-state index in [9.17, 15) is 4.79 Å². The molecule has 4 aromatic rings. The van der Waals surface area contributed by atoms with E-state index in [1.165, 1.54) is 0 Å². The molecule has 1 aliphatic carbocycles. The van der Waals surface area contributed by atoms with E-state index in [4.69, 9.17) is 5.84 Å². The molecule has 37 heavy (non-hydrogen) atoms. The van der Waals surface area contributed by atoms with Crippen LogP contribution in [0.5, 0.6) is 0 Å². The zero-order chi connectivity index (χ0) is 25.7. The third-order valence-electron chi connectivity index (χ3n) is 6.91. The van der Waals surface area contributed by atoms with E-state index in [1.54, 1.807) is 0 Å². The van der Waals surface area contributed by atoms with Crippen LogP contribution in [0.3, 0.4) is 0 Å². The Balaban J connectivity index is 1.62. The lowest BCUT2D eigenvalue weighted by Gasteiger charge is -2.37. The van der Waals surface area contributed by atoms with Gasteiger partial charge in [-0.25, -0.2) is 0 Å². The molecule has 0 bridgehead atoms. The molecule has 0 saturated heterocycles. The molecule has 4 aromatic carbocycles. The van der Waals surface area contributed by atoms with Gasteiger partial charge in [0.2, 0.25) is 0 Å². The van der Waals surface area contributed by atoms with Crippen molar-refractivity contribution < 1.29 is 4.79 Å². The molecule has 0 heterocycles. The number of carbonyl (C=O) groups is 1. The van der Waals surface area contributed by atoms with Gasteiger partial charge in [-0.3, -0.25) is 10.6 Å². The summed E-state index contributed by atoms with van der Waals surface area (Å²) in [4.78, 5) is 12.7. The van der Waals surface area contributed by atoms with Crippen molar-refractivity contribution in [3.63, 3.8) is 0 Å². The second-order valence-corrected chi connectivity index (χ2v) is 9.47. The van der Waals surface area contributed by atoms with E-state index in [-0.39, 0.29) is 5.91 Å². The van der Waals surface area contributed by atoms with Crippen molar-refractivity contribution >= 4 is 11.6 Å². The summed E-state index contributed by atoms with van der Waals surface area (Å²) in [5.74, 6) is 6.02. The van der Waals surface area contributed by atoms with Crippen LogP contribution in [0.15, 0.2) is 115 Å². The molecule has 5 heteroatoms. The maximum absolute atomic E-state index is 12.7. The summed E-state index contributed by atoms with van der Waals surface area (Å²) in [7, 11) is 0. The first-order valence-electron chi connectivity index (χ1n) is 12.6. The number of benzene rings is 4. The molecule has 5 rings (SSSR count). The van der Waals surface area contributed by atoms with Crippen molar-refractivity contribution in [3.05, 3.63) is 149 Å². The number of carbonyl (C=O) groups excluding carboxylic acids is 1. The van der Waals surface area contributed by atoms with Crippen LogP contribution in [0, 0.1) is 6.92 Å². The fraction of sp³-hybridized carbons (Fsp3) is 0.156. The molecule has 1 saturated carbocycles. The molecule has 0 aromatic heterocycles. The van der Waals surface area contributed by atoms with Crippen molar-refractivity contribution in [2.75, 3.05) is 0 Å². The summed E-state index contributed by atoms with van der Waals surface area (Å²) in [6.45, 7) is 2.02. The van der Waals surface area contributed by atoms with Gasteiger partial charge in [0, 0.05) is 23.4 Å². The fourth-order valence-electron chi connectivity index (χ4n) is 4.74. The van der Waals surface area contributed by atoms with Gasteiger partial charge in [0.1, 0.15) is 5.54 Å². The average Bonchev–Trinajstić information content (AvgIpc) is 3.77. The van der Waals surface area contributed by atoms with Crippen molar-refractivity contribution in [1.82, 2.24) is 16.1 Å². The molecular weight excluding hydrogens is 456 g/mol. The second kappa shape index (κ2) is 10.7. The quantitative estimate of drug-likeness (QED) is 0.148. The highest BCUT2D eigenvalue weighted by Crippen LogP contribution is 2.37. The Morgan fingerprint density at radius 1 is 0.811 bits per heavy atom. The number of hydrazine groups is 1. The zero-order valence-electron chi connectivity index (χ0n) is 20.9. The third kappa shape index (κ3) is 5.13. The van der Waals surface area contributed by atoms with Gasteiger partial charge in [0.05, 0.1) is 5.70 Å². The smallest absolute Gasteiger partial charge is 0.251 e. The number of aryl methyl sites for hydroxylation is 1. The predicted octanol–water partition coefficient (Wildman–Crippen LogP) is 5.23. The van der Waals surface area contributed by atoms with Gasteiger partial charge >= 0.3 is 0 Å². The number of rotatable bonds is 9. The minimum absolute atomic E-state index is 0.0553. The van der Waals surface area contributed by atoms with Gasteiger partial charge < -0.3 is 16.1 Å². The molecule has 5 nitrogen and oxygen atoms in total. The first-order valence-corrected chi connectivity index (χ1v) is 12.6. The fourth-order valence-corrected chi connectivity index (χ4v) is 4.74. The minimum Gasteiger partial charge on any atom is -0.372 e. The maximum Gasteiger partial charge on any atom is 0.251 e. The second-order valence-electron chi connectivity index (χ2n) is 9.47. The van der Waals surface area contributed by atoms with Crippen LogP contribution in [0.4, 0.5) is 0 Å². The van der Waals surface area contributed by atoms with Gasteiger partial charge in [0.15, 0.2) is 0 Å². The lowest BCUT2D eigenvalue weighted by atomic mass is 9.77. The van der Waals surface area contributed by atoms with Crippen LogP contribution in [-0.4, -0.2) is 11.9 Å². The van der Waals surface area contributed by atoms with Gasteiger partial charge in [-0.1, -0.05) is 97.1 Å². The number of nitrogens with one attached hydrogen (secondary N) is 3. The first kappa shape index (κ1) is 24.3. The SMILES string of the molecule is Cc1ccc(C(=O)NC2CC2)cc1/C(=C/NC(c1ccccc1)(c1ccccc1)c1ccccc1)NN. The van der Waals surface area contributed by atoms with Crippen molar-refractivity contribution in [2.45, 2.75) is 31.3 Å². The van der Waals surface area contributed by atoms with Crippen LogP contribution < -0.4 is 21.9 Å². The van der Waals surface area contributed by atoms with Crippen LogP contribution >= 0.6 is 0 Å². The van der Waals surface area contributed by atoms with E-state index in [0.717, 1.165) is 40.7 Å². The Hall–Kier alpha value is -4.35. The topological polar surface area (TPSA) is 79.2 Å². The normalized spacial score (nSPS) is 13.6. The Morgan fingerprint density at radius 3 is 1.78 bits per heavy atom. The van der Waals surface area contributed by atoms with Gasteiger partial charge in [-0.15, -0.1) is 0 Å². The van der Waals surface area contributed by atoms with Crippen molar-refractivity contribution in [3.8, 4) is 0 Å². The largest absolute Gasteiger partial charge is 0.372 e. The summed E-state index contributed by atoms with van der Waals surface area (Å²) in [5.41, 5.74) is 8.65. The summed E-state index contributed by atoms with van der Waals surface area (Å²) in [5, 5.41) is 6.81. The maximum atomic E-state index is 12.7. The molecule has 186 valence electrons. The van der Waals surface area contributed by atoms with Gasteiger partial charge in [0.25, 0.3) is 5.91 Å². The summed E-state index contributed by atoms with van der Waals surface area (Å²) >= 11 is 0. The minimum atomic E-state index is -0.680. The first-order chi connectivity index (χ1) is 18.1. The summed E-state index contributed by atoms with van der Waals surface area (Å²) < 4.78 is 0. The standard InChI is InChI=1S/C32H32N4O/c1-23-17-18-24(31(37)35-28-19-20-28)21-29(23)30(36-33)22-34-32(25-11-5-2-6-12-25,26-13-7-3-8-14-26)27-15-9-4-10-16-27/h2-18,21-22,28,34,36H,19-20,33H2,1H3,(H,35,37)/b30-22-. The Bertz CT molecular complexity index is 1280. The lowest BCUT2D eigenvalue weighted by Crippen LogP contribution is -2.42. The highest BCUT2D eigenvalue weighted by atomic mass is 16.1. The van der Waals surface area contributed by atoms with Crippen LogP contribution in [0.1, 0.15) is 51.0 Å². The summed E-state index contributed by atoms with van der Waals surface area (Å²) in [6, 6.07) is 37.2. The number of amides is 1. The molecule has 0 spiro atoms. The van der Waals surface area contributed by atoms with E-state index in [0.29, 0.717) is 17.3 Å². The van der Waals surface area contributed by atoms with Crippen molar-refractivity contribution in [1.29, 1.82) is 0 Å². The predicted molar refractivity (Wildman–Crippen MR) is 149 cm³/mol. The van der Waals surface area contributed by atoms with Gasteiger partial charge in [-0.2, -0.15) is 0 Å². The molecule has 0 atom stereocenters. The van der Waals surface area contributed by atoms with E-state index in [1.807, 2.05) is 49.5 Å². The molecule has 1 fully saturated rings. The number of hydrogen-bond acceptors (Lipinski definition) is 4. The Labute approximate surface area is 218 Å². The van der Waals surface area contributed by atoms with E-state index >= 15 is 0 Å². The van der Waals surface area contributed by atoms with Crippen molar-refractivity contribution in [2.24, 2.45) is 5.84 Å². The van der Waals surface area contributed by atoms with E-state index < -0.39 is 5.54 Å². The van der Waals surface area contributed by atoms with Crippen LogP contribution in [0.2, 0.25) is 0 Å². The monoisotopic (exact) mass is 488 g/mol. The molecular formula is C32H32N4O. The Morgan fingerprint density at radius 2 is 1.32 bits per heavy atom. The Kier molecular flexibility index (Phi) is 7.06. The highest BCUT2D eigenvalue weighted by molar-refractivity contribution is 5.95. The molecule has 1 amide bonds. The zero-order valence-corrected chi connectivity index (χ0v) is 20.9. The molecule has 1 aliphatic rings. The van der Waals surface area contributed by atoms with Crippen LogP contribution in [-0.2, 0) is 5.54 Å². The van der Waals surface area contributed by atoms with Crippen LogP contribution in [0.25, 0.3) is 5.70 Å². The van der Waals surface area contributed by atoms with E-state index in [2.05, 4.69) is 88.9 Å². The molecule has 0 radical (unpaired) electrons. The number of hydrogen-bond donors (Lipinski definition) is 4. The average molecular weight is 489 g/mol. The lowest BCUT2D eigenvalue weighted by molar-refractivity contribution is 0.0951. The molecule has 5 N–H and O–H groups in total. The number of nitrogens with two attached hydrogens (primary N) is 1. The molecule has 0 unspecified atom stereocenters. The highest BCUT2D eigenvalue weighted by Gasteiger charge is 2.35. The summed E-state index contributed by atoms with van der Waals surface area (Å²) in [6.07, 6.45) is 4.01.